The lowest BCUT2D eigenvalue weighted by Crippen LogP contribution is -2.42. The third kappa shape index (κ3) is 4.94. The first-order valence-electron chi connectivity index (χ1n) is 11.2. The van der Waals surface area contributed by atoms with Gasteiger partial charge < -0.3 is 10.2 Å². The normalized spacial score (nSPS) is 24.6. The van der Waals surface area contributed by atoms with Crippen molar-refractivity contribution in [3.05, 3.63) is 65.7 Å². The zero-order valence-corrected chi connectivity index (χ0v) is 18.6. The maximum atomic E-state index is 12.5. The van der Waals surface area contributed by atoms with Gasteiger partial charge in [-0.2, -0.15) is 0 Å². The number of hydrogen-bond acceptors (Lipinski definition) is 4. The Kier molecular flexibility index (Phi) is 6.88. The standard InChI is InChI=1S/C24H33N3O2S/c1-2-22-23-11-7-6-8-19(23)12-13-24(22)25-15-17-27-16-14-20(18-27)26-30(28,29)21-9-4-3-5-10-21/h3-11,20,22,24-26H,2,12-18H2,1H3. The largest absolute Gasteiger partial charge is 0.312 e. The second-order valence-electron chi connectivity index (χ2n) is 8.53. The fourth-order valence-corrected chi connectivity index (χ4v) is 6.31. The van der Waals surface area contributed by atoms with Gasteiger partial charge in [0.25, 0.3) is 0 Å². The van der Waals surface area contributed by atoms with Crippen LogP contribution in [0.2, 0.25) is 0 Å². The zero-order valence-electron chi connectivity index (χ0n) is 17.8. The fourth-order valence-electron chi connectivity index (χ4n) is 5.03. The van der Waals surface area contributed by atoms with E-state index in [0.717, 1.165) is 45.4 Å². The van der Waals surface area contributed by atoms with E-state index in [1.807, 2.05) is 6.07 Å². The number of benzene rings is 2. The van der Waals surface area contributed by atoms with E-state index in [1.165, 1.54) is 17.5 Å². The molecule has 3 unspecified atom stereocenters. The molecule has 2 N–H and O–H groups in total. The molecular weight excluding hydrogens is 394 g/mol. The van der Waals surface area contributed by atoms with E-state index in [2.05, 4.69) is 46.1 Å². The predicted molar refractivity (Wildman–Crippen MR) is 121 cm³/mol. The van der Waals surface area contributed by atoms with E-state index < -0.39 is 10.0 Å². The molecule has 5 nitrogen and oxygen atoms in total. The summed E-state index contributed by atoms with van der Waals surface area (Å²) in [6.45, 7) is 5.90. The lowest BCUT2D eigenvalue weighted by molar-refractivity contribution is 0.304. The van der Waals surface area contributed by atoms with Crippen LogP contribution in [0.25, 0.3) is 0 Å². The molecule has 1 saturated heterocycles. The lowest BCUT2D eigenvalue weighted by atomic mass is 9.78. The average molecular weight is 428 g/mol. The van der Waals surface area contributed by atoms with Gasteiger partial charge in [0.2, 0.25) is 10.0 Å². The van der Waals surface area contributed by atoms with Crippen molar-refractivity contribution in [3.8, 4) is 0 Å². The summed E-state index contributed by atoms with van der Waals surface area (Å²) < 4.78 is 28.0. The Morgan fingerprint density at radius 2 is 1.80 bits per heavy atom. The summed E-state index contributed by atoms with van der Waals surface area (Å²) in [7, 11) is -3.44. The van der Waals surface area contributed by atoms with E-state index in [-0.39, 0.29) is 6.04 Å². The van der Waals surface area contributed by atoms with Crippen LogP contribution in [0, 0.1) is 0 Å². The van der Waals surface area contributed by atoms with Crippen LogP contribution in [0.15, 0.2) is 59.5 Å². The minimum absolute atomic E-state index is 0.0137. The van der Waals surface area contributed by atoms with Crippen LogP contribution in [0.4, 0.5) is 0 Å². The van der Waals surface area contributed by atoms with Crippen LogP contribution in [0.5, 0.6) is 0 Å². The van der Waals surface area contributed by atoms with Gasteiger partial charge in [0.15, 0.2) is 0 Å². The Balaban J connectivity index is 1.25. The van der Waals surface area contributed by atoms with Crippen LogP contribution in [-0.2, 0) is 16.4 Å². The van der Waals surface area contributed by atoms with E-state index in [4.69, 9.17) is 0 Å². The number of aryl methyl sites for hydroxylation is 1. The quantitative estimate of drug-likeness (QED) is 0.680. The van der Waals surface area contributed by atoms with Crippen LogP contribution in [-0.4, -0.2) is 51.6 Å². The van der Waals surface area contributed by atoms with Crippen molar-refractivity contribution in [2.24, 2.45) is 0 Å². The zero-order chi connectivity index (χ0) is 21.0. The molecule has 30 heavy (non-hydrogen) atoms. The van der Waals surface area contributed by atoms with Gasteiger partial charge in [0.1, 0.15) is 0 Å². The maximum Gasteiger partial charge on any atom is 0.240 e. The number of fused-ring (bicyclic) bond motifs is 1. The van der Waals surface area contributed by atoms with Gasteiger partial charge >= 0.3 is 0 Å². The molecule has 2 aromatic carbocycles. The summed E-state index contributed by atoms with van der Waals surface area (Å²) in [6.07, 6.45) is 4.36. The molecule has 0 radical (unpaired) electrons. The van der Waals surface area contributed by atoms with Crippen molar-refractivity contribution >= 4 is 10.0 Å². The van der Waals surface area contributed by atoms with Gasteiger partial charge in [-0.25, -0.2) is 13.1 Å². The molecule has 0 saturated carbocycles. The number of nitrogens with zero attached hydrogens (tertiary/aromatic N) is 1. The summed E-state index contributed by atoms with van der Waals surface area (Å²) >= 11 is 0. The van der Waals surface area contributed by atoms with Crippen molar-refractivity contribution < 1.29 is 8.42 Å². The molecule has 1 aliphatic carbocycles. The fraction of sp³-hybridized carbons (Fsp3) is 0.500. The molecule has 1 heterocycles. The number of hydrogen-bond donors (Lipinski definition) is 2. The van der Waals surface area contributed by atoms with E-state index in [0.29, 0.717) is 16.9 Å². The number of nitrogens with one attached hydrogen (secondary N) is 2. The Morgan fingerprint density at radius 3 is 2.60 bits per heavy atom. The molecule has 6 heteroatoms. The number of likely N-dealkylation sites (tertiary alicyclic amines) is 1. The SMILES string of the molecule is CCC1c2ccccc2CCC1NCCN1CCC(NS(=O)(=O)c2ccccc2)C1. The van der Waals surface area contributed by atoms with Crippen LogP contribution >= 0.6 is 0 Å². The van der Waals surface area contributed by atoms with E-state index in [1.54, 1.807) is 24.3 Å². The van der Waals surface area contributed by atoms with E-state index in [9.17, 15) is 8.42 Å². The second-order valence-corrected chi connectivity index (χ2v) is 10.2. The highest BCUT2D eigenvalue weighted by molar-refractivity contribution is 7.89. The Bertz CT molecular complexity index is 932. The van der Waals surface area contributed by atoms with Gasteiger partial charge in [-0.3, -0.25) is 0 Å². The smallest absolute Gasteiger partial charge is 0.240 e. The summed E-state index contributed by atoms with van der Waals surface area (Å²) in [5, 5.41) is 3.80. The Hall–Kier alpha value is -1.73. The van der Waals surface area contributed by atoms with Crippen molar-refractivity contribution in [3.63, 3.8) is 0 Å². The van der Waals surface area contributed by atoms with Gasteiger partial charge in [-0.1, -0.05) is 49.4 Å². The molecule has 1 aliphatic heterocycles. The highest BCUT2D eigenvalue weighted by Crippen LogP contribution is 2.33. The summed E-state index contributed by atoms with van der Waals surface area (Å²) in [5.74, 6) is 0.582. The first-order valence-corrected chi connectivity index (χ1v) is 12.7. The van der Waals surface area contributed by atoms with Gasteiger partial charge in [-0.15, -0.1) is 0 Å². The summed E-state index contributed by atoms with van der Waals surface area (Å²) in [4.78, 5) is 2.71. The molecule has 0 aromatic heterocycles. The molecular formula is C24H33N3O2S. The second kappa shape index (κ2) is 9.60. The van der Waals surface area contributed by atoms with Crippen molar-refractivity contribution in [1.29, 1.82) is 0 Å². The monoisotopic (exact) mass is 427 g/mol. The van der Waals surface area contributed by atoms with Crippen molar-refractivity contribution in [1.82, 2.24) is 14.9 Å². The van der Waals surface area contributed by atoms with Crippen LogP contribution in [0.3, 0.4) is 0 Å². The van der Waals surface area contributed by atoms with E-state index >= 15 is 0 Å². The number of sulfonamides is 1. The molecule has 2 aromatic rings. The minimum Gasteiger partial charge on any atom is -0.312 e. The molecule has 3 atom stereocenters. The van der Waals surface area contributed by atoms with Gasteiger partial charge in [-0.05, 0) is 61.4 Å². The molecule has 4 rings (SSSR count). The molecule has 0 spiro atoms. The van der Waals surface area contributed by atoms with Crippen molar-refractivity contribution in [2.45, 2.75) is 55.5 Å². The van der Waals surface area contributed by atoms with Crippen LogP contribution < -0.4 is 10.0 Å². The third-order valence-electron chi connectivity index (χ3n) is 6.59. The van der Waals surface area contributed by atoms with Crippen LogP contribution in [0.1, 0.15) is 43.2 Å². The summed E-state index contributed by atoms with van der Waals surface area (Å²) in [5.41, 5.74) is 3.02. The first kappa shape index (κ1) is 21.5. The predicted octanol–water partition coefficient (Wildman–Crippen LogP) is 3.14. The Morgan fingerprint density at radius 1 is 1.03 bits per heavy atom. The highest BCUT2D eigenvalue weighted by Gasteiger charge is 2.29. The third-order valence-corrected chi connectivity index (χ3v) is 8.12. The minimum atomic E-state index is -3.44. The van der Waals surface area contributed by atoms with Gasteiger partial charge in [0, 0.05) is 31.7 Å². The molecule has 2 aliphatic rings. The maximum absolute atomic E-state index is 12.5. The number of rotatable bonds is 8. The molecule has 162 valence electrons. The topological polar surface area (TPSA) is 61.4 Å². The lowest BCUT2D eigenvalue weighted by Gasteiger charge is -2.34. The molecule has 1 fully saturated rings. The first-order chi connectivity index (χ1) is 14.6. The average Bonchev–Trinajstić information content (AvgIpc) is 3.20. The van der Waals surface area contributed by atoms with Crippen molar-refractivity contribution in [2.75, 3.05) is 26.2 Å². The Labute approximate surface area is 180 Å². The van der Waals surface area contributed by atoms with Gasteiger partial charge in [0.05, 0.1) is 4.90 Å². The highest BCUT2D eigenvalue weighted by atomic mass is 32.2. The molecule has 0 amide bonds. The summed E-state index contributed by atoms with van der Waals surface area (Å²) in [6, 6.07) is 18.0. The molecule has 0 bridgehead atoms.